The predicted octanol–water partition coefficient (Wildman–Crippen LogP) is 0.505. The number of hydrogen-bond donors (Lipinski definition) is 2. The number of allylic oxidation sites excluding steroid dienone is 2. The van der Waals surface area contributed by atoms with E-state index in [4.69, 9.17) is 10.2 Å². The van der Waals surface area contributed by atoms with Crippen molar-refractivity contribution < 1.29 is 10.2 Å². The quantitative estimate of drug-likeness (QED) is 0.624. The summed E-state index contributed by atoms with van der Waals surface area (Å²) in [4.78, 5) is 1.90. The third-order valence-electron chi connectivity index (χ3n) is 2.00. The maximum atomic E-state index is 8.73. The average molecular weight is 183 g/mol. The van der Waals surface area contributed by atoms with Crippen LogP contribution < -0.4 is 0 Å². The Morgan fingerprint density at radius 3 is 2.77 bits per heavy atom. The van der Waals surface area contributed by atoms with Crippen LogP contribution in [0.3, 0.4) is 0 Å². The van der Waals surface area contributed by atoms with Crippen molar-refractivity contribution in [2.24, 2.45) is 0 Å². The summed E-state index contributed by atoms with van der Waals surface area (Å²) in [6.07, 6.45) is 7.43. The molecule has 1 rings (SSSR count). The second-order valence-electron chi connectivity index (χ2n) is 3.44. The smallest absolute Gasteiger partial charge is 0.164 e. The van der Waals surface area contributed by atoms with Crippen molar-refractivity contribution >= 4 is 0 Å². The molecule has 0 aromatic rings. The highest BCUT2D eigenvalue weighted by Crippen LogP contribution is 2.10. The lowest BCUT2D eigenvalue weighted by Crippen LogP contribution is -2.30. The van der Waals surface area contributed by atoms with Crippen LogP contribution in [0.25, 0.3) is 0 Å². The summed E-state index contributed by atoms with van der Waals surface area (Å²) < 4.78 is 0. The summed E-state index contributed by atoms with van der Waals surface area (Å²) >= 11 is 0. The molecule has 2 N–H and O–H groups in total. The molecular formula is C10H17NO2. The van der Waals surface area contributed by atoms with Crippen LogP contribution in [-0.2, 0) is 0 Å². The van der Waals surface area contributed by atoms with Gasteiger partial charge in [-0.25, -0.2) is 0 Å². The van der Waals surface area contributed by atoms with Crippen LogP contribution >= 0.6 is 0 Å². The Hall–Kier alpha value is -0.640. The molecule has 0 heterocycles. The van der Waals surface area contributed by atoms with Gasteiger partial charge in [-0.1, -0.05) is 18.2 Å². The second-order valence-corrected chi connectivity index (χ2v) is 3.44. The van der Waals surface area contributed by atoms with Crippen LogP contribution in [0.2, 0.25) is 0 Å². The van der Waals surface area contributed by atoms with E-state index in [-0.39, 0.29) is 0 Å². The normalized spacial score (nSPS) is 16.8. The Balaban J connectivity index is 2.31. The molecule has 0 amide bonds. The Labute approximate surface area is 79.0 Å². The maximum absolute atomic E-state index is 8.73. The first kappa shape index (κ1) is 10.4. The summed E-state index contributed by atoms with van der Waals surface area (Å²) in [5.41, 5.74) is 1.26. The van der Waals surface area contributed by atoms with E-state index in [1.807, 2.05) is 11.9 Å². The molecule has 0 spiro atoms. The minimum absolute atomic E-state index is 0.297. The number of nitrogens with zero attached hydrogens (tertiary/aromatic N) is 1. The molecule has 0 aliphatic heterocycles. The van der Waals surface area contributed by atoms with Crippen molar-refractivity contribution in [3.63, 3.8) is 0 Å². The van der Waals surface area contributed by atoms with Crippen molar-refractivity contribution in [1.82, 2.24) is 4.90 Å². The Morgan fingerprint density at radius 1 is 1.46 bits per heavy atom. The molecule has 0 radical (unpaired) electrons. The Bertz CT molecular complexity index is 209. The van der Waals surface area contributed by atoms with Gasteiger partial charge in [0.05, 0.1) is 0 Å². The SMILES string of the molecule is CN(CC1=CCCC=C1)CC(O)O. The molecule has 3 nitrogen and oxygen atoms in total. The lowest BCUT2D eigenvalue weighted by molar-refractivity contribution is -0.0559. The van der Waals surface area contributed by atoms with Crippen LogP contribution in [-0.4, -0.2) is 41.5 Å². The number of aliphatic hydroxyl groups is 2. The van der Waals surface area contributed by atoms with E-state index in [0.717, 1.165) is 19.4 Å². The third-order valence-corrected chi connectivity index (χ3v) is 2.00. The van der Waals surface area contributed by atoms with E-state index in [1.54, 1.807) is 0 Å². The molecule has 1 aliphatic rings. The number of aliphatic hydroxyl groups excluding tert-OH is 1. The van der Waals surface area contributed by atoms with Crippen molar-refractivity contribution in [3.05, 3.63) is 23.8 Å². The molecule has 0 aromatic heterocycles. The van der Waals surface area contributed by atoms with Gasteiger partial charge in [0.25, 0.3) is 0 Å². The van der Waals surface area contributed by atoms with Gasteiger partial charge in [0.2, 0.25) is 0 Å². The highest BCUT2D eigenvalue weighted by atomic mass is 16.5. The van der Waals surface area contributed by atoms with Crippen molar-refractivity contribution in [3.8, 4) is 0 Å². The maximum Gasteiger partial charge on any atom is 0.164 e. The van der Waals surface area contributed by atoms with Gasteiger partial charge in [-0.2, -0.15) is 0 Å². The highest BCUT2D eigenvalue weighted by Gasteiger charge is 2.05. The fraction of sp³-hybridized carbons (Fsp3) is 0.600. The first-order valence-corrected chi connectivity index (χ1v) is 4.59. The van der Waals surface area contributed by atoms with Crippen LogP contribution in [0.4, 0.5) is 0 Å². The van der Waals surface area contributed by atoms with E-state index in [1.165, 1.54) is 5.57 Å². The average Bonchev–Trinajstić information content (AvgIpc) is 2.04. The van der Waals surface area contributed by atoms with Crippen LogP contribution in [0.5, 0.6) is 0 Å². The van der Waals surface area contributed by atoms with Crippen molar-refractivity contribution in [1.29, 1.82) is 0 Å². The summed E-state index contributed by atoms with van der Waals surface area (Å²) in [6, 6.07) is 0. The van der Waals surface area contributed by atoms with E-state index in [0.29, 0.717) is 6.54 Å². The van der Waals surface area contributed by atoms with Gasteiger partial charge in [0.1, 0.15) is 0 Å². The fourth-order valence-corrected chi connectivity index (χ4v) is 1.44. The van der Waals surface area contributed by atoms with Gasteiger partial charge < -0.3 is 10.2 Å². The zero-order valence-corrected chi connectivity index (χ0v) is 7.98. The van der Waals surface area contributed by atoms with Gasteiger partial charge >= 0.3 is 0 Å². The van der Waals surface area contributed by atoms with Crippen molar-refractivity contribution in [2.75, 3.05) is 20.1 Å². The number of hydrogen-bond acceptors (Lipinski definition) is 3. The summed E-state index contributed by atoms with van der Waals surface area (Å²) in [6.45, 7) is 1.08. The first-order valence-electron chi connectivity index (χ1n) is 4.59. The largest absolute Gasteiger partial charge is 0.367 e. The molecule has 0 saturated heterocycles. The molecule has 0 atom stereocenters. The van der Waals surface area contributed by atoms with Gasteiger partial charge in [0, 0.05) is 13.1 Å². The molecule has 0 bridgehead atoms. The topological polar surface area (TPSA) is 43.7 Å². The predicted molar refractivity (Wildman–Crippen MR) is 52.2 cm³/mol. The summed E-state index contributed by atoms with van der Waals surface area (Å²) in [7, 11) is 1.88. The lowest BCUT2D eigenvalue weighted by atomic mass is 10.1. The minimum atomic E-state index is -1.24. The zero-order chi connectivity index (χ0) is 9.68. The molecule has 0 unspecified atom stereocenters. The molecule has 0 fully saturated rings. The first-order chi connectivity index (χ1) is 6.18. The Kier molecular flexibility index (Phi) is 4.15. The number of likely N-dealkylation sites (N-methyl/N-ethyl adjacent to an activating group) is 1. The van der Waals surface area contributed by atoms with Gasteiger partial charge in [0.15, 0.2) is 6.29 Å². The Morgan fingerprint density at radius 2 is 2.23 bits per heavy atom. The standard InChI is InChI=1S/C10H17NO2/c1-11(8-10(12)13)7-9-5-3-2-4-6-9/h3,5-6,10,12-13H,2,4,7-8H2,1H3. The molecule has 3 heteroatoms. The van der Waals surface area contributed by atoms with Gasteiger partial charge in [-0.3, -0.25) is 4.90 Å². The highest BCUT2D eigenvalue weighted by molar-refractivity contribution is 5.23. The van der Waals surface area contributed by atoms with Crippen LogP contribution in [0.1, 0.15) is 12.8 Å². The summed E-state index contributed by atoms with van der Waals surface area (Å²) in [5, 5.41) is 17.5. The zero-order valence-electron chi connectivity index (χ0n) is 7.98. The molecule has 0 aromatic carbocycles. The minimum Gasteiger partial charge on any atom is -0.367 e. The van der Waals surface area contributed by atoms with E-state index < -0.39 is 6.29 Å². The van der Waals surface area contributed by atoms with E-state index in [2.05, 4.69) is 18.2 Å². The molecule has 13 heavy (non-hydrogen) atoms. The molecule has 0 saturated carbocycles. The second kappa shape index (κ2) is 5.17. The molecule has 74 valence electrons. The molecular weight excluding hydrogens is 166 g/mol. The fourth-order valence-electron chi connectivity index (χ4n) is 1.44. The van der Waals surface area contributed by atoms with E-state index in [9.17, 15) is 0 Å². The van der Waals surface area contributed by atoms with Gasteiger partial charge in [-0.15, -0.1) is 0 Å². The van der Waals surface area contributed by atoms with Crippen LogP contribution in [0.15, 0.2) is 23.8 Å². The third kappa shape index (κ3) is 4.22. The lowest BCUT2D eigenvalue weighted by Gasteiger charge is -2.19. The monoisotopic (exact) mass is 183 g/mol. The summed E-state index contributed by atoms with van der Waals surface area (Å²) in [5.74, 6) is 0. The van der Waals surface area contributed by atoms with Crippen molar-refractivity contribution in [2.45, 2.75) is 19.1 Å². The van der Waals surface area contributed by atoms with Crippen LogP contribution in [0, 0.1) is 0 Å². The van der Waals surface area contributed by atoms with Gasteiger partial charge in [-0.05, 0) is 25.5 Å². The van der Waals surface area contributed by atoms with E-state index >= 15 is 0 Å². The number of rotatable bonds is 4. The molecule has 1 aliphatic carbocycles.